The minimum Gasteiger partial charge on any atom is -0.487 e. The first-order valence-corrected chi connectivity index (χ1v) is 12.6. The molecule has 0 N–H and O–H groups in total. The molecule has 0 spiro atoms. The summed E-state index contributed by atoms with van der Waals surface area (Å²) in [6.45, 7) is 3.52. The average Bonchev–Trinajstić information content (AvgIpc) is 2.90. The number of rotatable bonds is 10. The molecule has 3 nitrogen and oxygen atoms in total. The number of hydrogen-bond donors (Lipinski definition) is 0. The predicted molar refractivity (Wildman–Crippen MR) is 123 cm³/mol. The molecule has 38 heavy (non-hydrogen) atoms. The van der Waals surface area contributed by atoms with Crippen molar-refractivity contribution in [1.29, 1.82) is 0 Å². The second kappa shape index (κ2) is 12.8. The zero-order valence-corrected chi connectivity index (χ0v) is 21.0. The third-order valence-corrected chi connectivity index (χ3v) is 6.77. The SMILES string of the molecule is CCCCCOc1c(F)c(F)c(-c2c(F)c(F)c(OC(=O)C3CCC(CCC)CC3)c(F)c2F)c(F)c1F. The van der Waals surface area contributed by atoms with Gasteiger partial charge in [0.1, 0.15) is 0 Å². The molecular weight excluding hydrogens is 524 g/mol. The monoisotopic (exact) mass is 552 g/mol. The van der Waals surface area contributed by atoms with Crippen molar-refractivity contribution < 1.29 is 49.4 Å². The van der Waals surface area contributed by atoms with Gasteiger partial charge in [0.05, 0.1) is 23.7 Å². The fourth-order valence-corrected chi connectivity index (χ4v) is 4.68. The Balaban J connectivity index is 1.95. The van der Waals surface area contributed by atoms with E-state index in [1.807, 2.05) is 13.8 Å². The highest BCUT2D eigenvalue weighted by Crippen LogP contribution is 2.42. The number of ether oxygens (including phenoxy) is 2. The van der Waals surface area contributed by atoms with Gasteiger partial charge in [-0.05, 0) is 38.0 Å². The summed E-state index contributed by atoms with van der Waals surface area (Å²) < 4.78 is 127. The molecule has 0 aromatic heterocycles. The third-order valence-electron chi connectivity index (χ3n) is 6.77. The van der Waals surface area contributed by atoms with Crippen LogP contribution >= 0.6 is 0 Å². The van der Waals surface area contributed by atoms with Crippen molar-refractivity contribution in [2.45, 2.75) is 71.6 Å². The zero-order chi connectivity index (χ0) is 28.1. The number of benzene rings is 2. The molecular formula is C27H28F8O3. The number of carbonyl (C=O) groups is 1. The van der Waals surface area contributed by atoms with E-state index in [2.05, 4.69) is 4.74 Å². The van der Waals surface area contributed by atoms with Gasteiger partial charge in [-0.1, -0.05) is 39.5 Å². The van der Waals surface area contributed by atoms with Crippen LogP contribution in [0.3, 0.4) is 0 Å². The lowest BCUT2D eigenvalue weighted by atomic mass is 9.80. The van der Waals surface area contributed by atoms with E-state index in [-0.39, 0.29) is 6.61 Å². The summed E-state index contributed by atoms with van der Waals surface area (Å²) in [5, 5.41) is 0. The lowest BCUT2D eigenvalue weighted by Crippen LogP contribution is -2.26. The van der Waals surface area contributed by atoms with E-state index in [0.717, 1.165) is 12.8 Å². The first-order valence-electron chi connectivity index (χ1n) is 12.6. The molecule has 2 aromatic rings. The van der Waals surface area contributed by atoms with Gasteiger partial charge in [-0.15, -0.1) is 0 Å². The Hall–Kier alpha value is -2.85. The summed E-state index contributed by atoms with van der Waals surface area (Å²) in [5.41, 5.74) is -4.05. The number of halogens is 8. The normalized spacial score (nSPS) is 17.5. The Labute approximate surface area is 215 Å². The molecule has 1 aliphatic rings. The van der Waals surface area contributed by atoms with Crippen LogP contribution in [0, 0.1) is 58.4 Å². The third kappa shape index (κ3) is 5.91. The van der Waals surface area contributed by atoms with Gasteiger partial charge in [-0.3, -0.25) is 4.79 Å². The summed E-state index contributed by atoms with van der Waals surface area (Å²) in [5.74, 6) is -23.0. The molecule has 11 heteroatoms. The van der Waals surface area contributed by atoms with Crippen molar-refractivity contribution in [1.82, 2.24) is 0 Å². The number of esters is 1. The van der Waals surface area contributed by atoms with Crippen molar-refractivity contribution in [3.8, 4) is 22.6 Å². The summed E-state index contributed by atoms with van der Waals surface area (Å²) >= 11 is 0. The van der Waals surface area contributed by atoms with Gasteiger partial charge < -0.3 is 9.47 Å². The number of carbonyl (C=O) groups excluding carboxylic acids is 1. The minimum atomic E-state index is -2.40. The maximum atomic E-state index is 14.8. The number of hydrogen-bond acceptors (Lipinski definition) is 3. The summed E-state index contributed by atoms with van der Waals surface area (Å²) in [6.07, 6.45) is 5.49. The molecule has 2 aromatic carbocycles. The smallest absolute Gasteiger partial charge is 0.314 e. The second-order valence-corrected chi connectivity index (χ2v) is 9.40. The largest absolute Gasteiger partial charge is 0.487 e. The van der Waals surface area contributed by atoms with Crippen LogP contribution in [-0.2, 0) is 4.79 Å². The Morgan fingerprint density at radius 3 is 1.58 bits per heavy atom. The quantitative estimate of drug-likeness (QED) is 0.0974. The Morgan fingerprint density at radius 1 is 0.658 bits per heavy atom. The Morgan fingerprint density at radius 2 is 1.13 bits per heavy atom. The maximum Gasteiger partial charge on any atom is 0.314 e. The lowest BCUT2D eigenvalue weighted by Gasteiger charge is -2.27. The van der Waals surface area contributed by atoms with Crippen molar-refractivity contribution in [2.24, 2.45) is 11.8 Å². The van der Waals surface area contributed by atoms with Crippen LogP contribution in [0.25, 0.3) is 11.1 Å². The van der Waals surface area contributed by atoms with Crippen molar-refractivity contribution in [2.75, 3.05) is 6.61 Å². The maximum absolute atomic E-state index is 14.8. The lowest BCUT2D eigenvalue weighted by molar-refractivity contribution is -0.140. The van der Waals surface area contributed by atoms with Crippen molar-refractivity contribution in [3.63, 3.8) is 0 Å². The molecule has 3 rings (SSSR count). The molecule has 0 heterocycles. The molecule has 0 aliphatic heterocycles. The highest BCUT2D eigenvalue weighted by atomic mass is 19.2. The molecule has 1 fully saturated rings. The van der Waals surface area contributed by atoms with Crippen LogP contribution in [0.4, 0.5) is 35.1 Å². The standard InChI is InChI=1S/C27H28F8O3/c1-3-5-6-12-37-25-21(32)17(28)15(18(29)22(25)33)16-19(30)23(34)26(24(35)20(16)31)38-27(36)14-10-8-13(7-4-2)9-11-14/h13-14H,3-12H2,1-2H3. The van der Waals surface area contributed by atoms with Crippen LogP contribution in [0.5, 0.6) is 11.5 Å². The van der Waals surface area contributed by atoms with Crippen molar-refractivity contribution >= 4 is 5.97 Å². The van der Waals surface area contributed by atoms with Crippen LogP contribution in [-0.4, -0.2) is 12.6 Å². The van der Waals surface area contributed by atoms with Crippen LogP contribution in [0.15, 0.2) is 0 Å². The van der Waals surface area contributed by atoms with Gasteiger partial charge in [0.15, 0.2) is 29.0 Å². The predicted octanol–water partition coefficient (Wildman–Crippen LogP) is 8.55. The Kier molecular flexibility index (Phi) is 10.0. The molecule has 1 aliphatic carbocycles. The topological polar surface area (TPSA) is 35.5 Å². The van der Waals surface area contributed by atoms with E-state index < -0.39 is 81.1 Å². The van der Waals surface area contributed by atoms with Gasteiger partial charge in [-0.2, -0.15) is 17.6 Å². The van der Waals surface area contributed by atoms with Gasteiger partial charge in [0, 0.05) is 0 Å². The fraction of sp³-hybridized carbons (Fsp3) is 0.519. The van der Waals surface area contributed by atoms with Gasteiger partial charge in [0.2, 0.25) is 29.0 Å². The molecule has 0 bridgehead atoms. The van der Waals surface area contributed by atoms with Gasteiger partial charge >= 0.3 is 5.97 Å². The van der Waals surface area contributed by atoms with E-state index in [0.29, 0.717) is 50.9 Å². The van der Waals surface area contributed by atoms with E-state index in [4.69, 9.17) is 4.74 Å². The van der Waals surface area contributed by atoms with Crippen LogP contribution < -0.4 is 9.47 Å². The van der Waals surface area contributed by atoms with E-state index in [9.17, 15) is 39.9 Å². The highest BCUT2D eigenvalue weighted by molar-refractivity contribution is 5.76. The minimum absolute atomic E-state index is 0.292. The molecule has 1 saturated carbocycles. The molecule has 0 atom stereocenters. The fourth-order valence-electron chi connectivity index (χ4n) is 4.68. The van der Waals surface area contributed by atoms with Crippen LogP contribution in [0.2, 0.25) is 0 Å². The van der Waals surface area contributed by atoms with Gasteiger partial charge in [-0.25, -0.2) is 17.6 Å². The van der Waals surface area contributed by atoms with Crippen molar-refractivity contribution in [3.05, 3.63) is 46.5 Å². The number of unbranched alkanes of at least 4 members (excludes halogenated alkanes) is 2. The average molecular weight is 553 g/mol. The first-order chi connectivity index (χ1) is 18.0. The molecule has 0 radical (unpaired) electrons. The van der Waals surface area contributed by atoms with E-state index in [1.165, 1.54) is 0 Å². The van der Waals surface area contributed by atoms with E-state index >= 15 is 0 Å². The van der Waals surface area contributed by atoms with E-state index in [1.54, 1.807) is 0 Å². The van der Waals surface area contributed by atoms with Crippen LogP contribution in [0.1, 0.15) is 71.6 Å². The Bertz CT molecular complexity index is 1120. The molecule has 0 saturated heterocycles. The summed E-state index contributed by atoms with van der Waals surface area (Å²) in [7, 11) is 0. The molecule has 0 unspecified atom stereocenters. The molecule has 210 valence electrons. The summed E-state index contributed by atoms with van der Waals surface area (Å²) in [6, 6.07) is 0. The summed E-state index contributed by atoms with van der Waals surface area (Å²) in [4.78, 5) is 12.4. The van der Waals surface area contributed by atoms with Gasteiger partial charge in [0.25, 0.3) is 0 Å². The first kappa shape index (κ1) is 29.7. The molecule has 0 amide bonds. The second-order valence-electron chi connectivity index (χ2n) is 9.40. The zero-order valence-electron chi connectivity index (χ0n) is 21.0. The highest BCUT2D eigenvalue weighted by Gasteiger charge is 2.37.